The van der Waals surface area contributed by atoms with Crippen molar-refractivity contribution in [3.05, 3.63) is 28.8 Å². The van der Waals surface area contributed by atoms with Crippen LogP contribution in [0.3, 0.4) is 0 Å². The maximum absolute atomic E-state index is 12.8. The van der Waals surface area contributed by atoms with Crippen molar-refractivity contribution in [2.75, 3.05) is 38.2 Å². The van der Waals surface area contributed by atoms with Crippen molar-refractivity contribution in [3.8, 4) is 0 Å². The quantitative estimate of drug-likeness (QED) is 0.794. The Morgan fingerprint density at radius 2 is 1.92 bits per heavy atom. The van der Waals surface area contributed by atoms with Gasteiger partial charge in [0, 0.05) is 25.3 Å². The fourth-order valence-electron chi connectivity index (χ4n) is 2.72. The number of carbonyl (C=O) groups is 2. The van der Waals surface area contributed by atoms with Gasteiger partial charge in [-0.1, -0.05) is 25.4 Å². The van der Waals surface area contributed by atoms with Crippen molar-refractivity contribution in [1.29, 1.82) is 0 Å². The van der Waals surface area contributed by atoms with Crippen molar-refractivity contribution >= 4 is 29.1 Å². The van der Waals surface area contributed by atoms with Gasteiger partial charge in [0.25, 0.3) is 5.91 Å². The van der Waals surface area contributed by atoms with Crippen LogP contribution >= 0.6 is 11.6 Å². The molecule has 0 aromatic heterocycles. The van der Waals surface area contributed by atoms with Crippen LogP contribution in [0.5, 0.6) is 0 Å². The molecule has 0 radical (unpaired) electrons. The molecule has 7 heteroatoms. The number of hydrogen-bond donors (Lipinski definition) is 2. The molecule has 1 aliphatic heterocycles. The Morgan fingerprint density at radius 1 is 1.27 bits per heavy atom. The molecule has 26 heavy (non-hydrogen) atoms. The van der Waals surface area contributed by atoms with Crippen LogP contribution in [0.2, 0.25) is 5.02 Å². The second-order valence-electron chi connectivity index (χ2n) is 7.41. The lowest BCUT2D eigenvalue weighted by molar-refractivity contribution is -0.129. The van der Waals surface area contributed by atoms with Crippen LogP contribution in [0, 0.1) is 5.92 Å². The van der Waals surface area contributed by atoms with Gasteiger partial charge in [-0.25, -0.2) is 0 Å². The number of hydrogen-bond acceptors (Lipinski definition) is 4. The third kappa shape index (κ3) is 5.19. The number of halogens is 1. The topological polar surface area (TPSA) is 70.7 Å². The van der Waals surface area contributed by atoms with Gasteiger partial charge in [-0.15, -0.1) is 0 Å². The summed E-state index contributed by atoms with van der Waals surface area (Å²) in [6.45, 7) is 11.1. The zero-order valence-corrected chi connectivity index (χ0v) is 16.7. The first-order valence-corrected chi connectivity index (χ1v) is 9.31. The van der Waals surface area contributed by atoms with E-state index in [0.717, 1.165) is 0 Å². The molecule has 6 nitrogen and oxygen atoms in total. The largest absolute Gasteiger partial charge is 0.379 e. The molecule has 144 valence electrons. The van der Waals surface area contributed by atoms with E-state index < -0.39 is 5.54 Å². The van der Waals surface area contributed by atoms with Gasteiger partial charge in [0.15, 0.2) is 0 Å². The number of anilines is 1. The highest BCUT2D eigenvalue weighted by atomic mass is 35.5. The Kier molecular flexibility index (Phi) is 7.03. The molecule has 0 unspecified atom stereocenters. The zero-order chi connectivity index (χ0) is 19.3. The van der Waals surface area contributed by atoms with Gasteiger partial charge in [-0.2, -0.15) is 0 Å². The molecule has 2 amide bonds. The van der Waals surface area contributed by atoms with Gasteiger partial charge in [0.2, 0.25) is 5.91 Å². The average molecular weight is 382 g/mol. The number of ether oxygens (including phenoxy) is 1. The summed E-state index contributed by atoms with van der Waals surface area (Å²) >= 11 is 6.16. The SMILES string of the molecule is CC(C)CNC(=O)c1cc(NC(=O)C(C)(C)N2CCOCC2)ccc1Cl. The Bertz CT molecular complexity index is 655. The van der Waals surface area contributed by atoms with Crippen molar-refractivity contribution < 1.29 is 14.3 Å². The number of benzene rings is 1. The summed E-state index contributed by atoms with van der Waals surface area (Å²) in [6, 6.07) is 4.95. The second kappa shape index (κ2) is 8.84. The number of nitrogens with zero attached hydrogens (tertiary/aromatic N) is 1. The third-order valence-electron chi connectivity index (χ3n) is 4.50. The number of morpholine rings is 1. The zero-order valence-electron chi connectivity index (χ0n) is 15.9. The predicted octanol–water partition coefficient (Wildman–Crippen LogP) is 2.78. The Balaban J connectivity index is 2.10. The van der Waals surface area contributed by atoms with Crippen LogP contribution in [0.1, 0.15) is 38.1 Å². The van der Waals surface area contributed by atoms with Crippen LogP contribution in [0.15, 0.2) is 18.2 Å². The summed E-state index contributed by atoms with van der Waals surface area (Å²) in [5, 5.41) is 6.11. The maximum atomic E-state index is 12.8. The molecule has 1 saturated heterocycles. The molecule has 2 rings (SSSR count). The molecule has 0 saturated carbocycles. The number of rotatable bonds is 6. The van der Waals surface area contributed by atoms with Crippen molar-refractivity contribution in [3.63, 3.8) is 0 Å². The monoisotopic (exact) mass is 381 g/mol. The van der Waals surface area contributed by atoms with Crippen LogP contribution < -0.4 is 10.6 Å². The third-order valence-corrected chi connectivity index (χ3v) is 4.83. The van der Waals surface area contributed by atoms with Gasteiger partial charge in [0.1, 0.15) is 0 Å². The molecule has 0 bridgehead atoms. The summed E-state index contributed by atoms with van der Waals surface area (Å²) < 4.78 is 5.36. The van der Waals surface area contributed by atoms with Crippen LogP contribution in [-0.2, 0) is 9.53 Å². The molecular formula is C19H28ClN3O3. The Labute approximate surface area is 160 Å². The van der Waals surface area contributed by atoms with Gasteiger partial charge in [-0.05, 0) is 38.0 Å². The summed E-state index contributed by atoms with van der Waals surface area (Å²) in [5.41, 5.74) is 0.230. The van der Waals surface area contributed by atoms with Crippen LogP contribution in [-0.4, -0.2) is 55.1 Å². The van der Waals surface area contributed by atoms with E-state index in [0.29, 0.717) is 55.0 Å². The van der Waals surface area contributed by atoms with E-state index in [9.17, 15) is 9.59 Å². The highest BCUT2D eigenvalue weighted by Crippen LogP contribution is 2.23. The molecule has 1 aliphatic rings. The van der Waals surface area contributed by atoms with Crippen LogP contribution in [0.4, 0.5) is 5.69 Å². The molecule has 0 spiro atoms. The van der Waals surface area contributed by atoms with Gasteiger partial charge < -0.3 is 15.4 Å². The van der Waals surface area contributed by atoms with E-state index in [2.05, 4.69) is 15.5 Å². The van der Waals surface area contributed by atoms with E-state index in [1.165, 1.54) is 0 Å². The van der Waals surface area contributed by atoms with Gasteiger partial charge in [0.05, 0.1) is 29.3 Å². The summed E-state index contributed by atoms with van der Waals surface area (Å²) in [7, 11) is 0. The van der Waals surface area contributed by atoms with Gasteiger partial charge >= 0.3 is 0 Å². The fraction of sp³-hybridized carbons (Fsp3) is 0.579. The van der Waals surface area contributed by atoms with Crippen LogP contribution in [0.25, 0.3) is 0 Å². The number of carbonyl (C=O) groups excluding carboxylic acids is 2. The van der Waals surface area contributed by atoms with E-state index in [4.69, 9.17) is 16.3 Å². The highest BCUT2D eigenvalue weighted by Gasteiger charge is 2.35. The van der Waals surface area contributed by atoms with E-state index in [1.807, 2.05) is 27.7 Å². The second-order valence-corrected chi connectivity index (χ2v) is 7.82. The summed E-state index contributed by atoms with van der Waals surface area (Å²) in [6.07, 6.45) is 0. The molecule has 1 fully saturated rings. The van der Waals surface area contributed by atoms with Crippen molar-refractivity contribution in [2.24, 2.45) is 5.92 Å². The molecule has 2 N–H and O–H groups in total. The molecular weight excluding hydrogens is 354 g/mol. The van der Waals surface area contributed by atoms with E-state index >= 15 is 0 Å². The Hall–Kier alpha value is -1.63. The maximum Gasteiger partial charge on any atom is 0.252 e. The lowest BCUT2D eigenvalue weighted by atomic mass is 10.0. The highest BCUT2D eigenvalue weighted by molar-refractivity contribution is 6.34. The normalized spacial score (nSPS) is 15.8. The standard InChI is InChI=1S/C19H28ClN3O3/c1-13(2)12-21-17(24)15-11-14(5-6-16(15)20)22-18(25)19(3,4)23-7-9-26-10-8-23/h5-6,11,13H,7-10,12H2,1-4H3,(H,21,24)(H,22,25). The first-order valence-electron chi connectivity index (χ1n) is 8.94. The molecule has 0 atom stereocenters. The van der Waals surface area contributed by atoms with Crippen molar-refractivity contribution in [2.45, 2.75) is 33.2 Å². The smallest absolute Gasteiger partial charge is 0.252 e. The number of nitrogens with one attached hydrogen (secondary N) is 2. The lowest BCUT2D eigenvalue weighted by Gasteiger charge is -2.39. The lowest BCUT2D eigenvalue weighted by Crippen LogP contribution is -2.56. The minimum atomic E-state index is -0.677. The molecule has 1 aromatic rings. The molecule has 0 aliphatic carbocycles. The van der Waals surface area contributed by atoms with E-state index in [-0.39, 0.29) is 11.8 Å². The number of amides is 2. The van der Waals surface area contributed by atoms with Gasteiger partial charge in [-0.3, -0.25) is 14.5 Å². The first-order chi connectivity index (χ1) is 12.2. The molecule has 1 heterocycles. The molecule has 1 aromatic carbocycles. The average Bonchev–Trinajstić information content (AvgIpc) is 2.61. The minimum absolute atomic E-state index is 0.129. The summed E-state index contributed by atoms with van der Waals surface area (Å²) in [4.78, 5) is 27.2. The summed E-state index contributed by atoms with van der Waals surface area (Å²) in [5.74, 6) is -0.0302. The van der Waals surface area contributed by atoms with Crippen molar-refractivity contribution in [1.82, 2.24) is 10.2 Å². The fourth-order valence-corrected chi connectivity index (χ4v) is 2.92. The minimum Gasteiger partial charge on any atom is -0.379 e. The predicted molar refractivity (Wildman–Crippen MR) is 104 cm³/mol. The van der Waals surface area contributed by atoms with E-state index in [1.54, 1.807) is 18.2 Å². The Morgan fingerprint density at radius 3 is 2.54 bits per heavy atom. The first kappa shape index (κ1) is 20.7.